The average Bonchev–Trinajstić information content (AvgIpc) is 2.97. The lowest BCUT2D eigenvalue weighted by molar-refractivity contribution is -0.134. The molecule has 1 saturated heterocycles. The van der Waals surface area contributed by atoms with Crippen LogP contribution >= 0.6 is 0 Å². The van der Waals surface area contributed by atoms with Gasteiger partial charge in [-0.2, -0.15) is 0 Å². The van der Waals surface area contributed by atoms with Crippen molar-refractivity contribution in [2.75, 3.05) is 13.2 Å². The minimum Gasteiger partial charge on any atom is -0.376 e. The highest BCUT2D eigenvalue weighted by atomic mass is 16.5. The number of carbonyl (C=O) groups is 1. The molecule has 2 atom stereocenters. The second-order valence-corrected chi connectivity index (χ2v) is 6.10. The van der Waals surface area contributed by atoms with Crippen LogP contribution in [0.3, 0.4) is 0 Å². The van der Waals surface area contributed by atoms with Gasteiger partial charge in [0.05, 0.1) is 25.2 Å². The van der Waals surface area contributed by atoms with E-state index < -0.39 is 0 Å². The quantitative estimate of drug-likeness (QED) is 0.812. The molecule has 23 heavy (non-hydrogen) atoms. The van der Waals surface area contributed by atoms with Crippen molar-refractivity contribution in [3.63, 3.8) is 0 Å². The van der Waals surface area contributed by atoms with Gasteiger partial charge >= 0.3 is 0 Å². The number of nitrogens with zero attached hydrogens (tertiary/aromatic N) is 1. The minimum absolute atomic E-state index is 0.00938. The van der Waals surface area contributed by atoms with Gasteiger partial charge in [-0.25, -0.2) is 0 Å². The topological polar surface area (TPSA) is 29.5 Å². The van der Waals surface area contributed by atoms with E-state index in [0.717, 1.165) is 18.5 Å². The van der Waals surface area contributed by atoms with Gasteiger partial charge < -0.3 is 9.64 Å². The Kier molecular flexibility index (Phi) is 5.09. The maximum absolute atomic E-state index is 12.6. The van der Waals surface area contributed by atoms with Crippen LogP contribution in [0, 0.1) is 5.92 Å². The monoisotopic (exact) mass is 309 g/mol. The molecule has 0 bridgehead atoms. The SMILES string of the molecule is C[C@H](c1ccccc1)N1CC[C@@H](COCc2ccccc2)C1=O. The zero-order valence-corrected chi connectivity index (χ0v) is 13.5. The molecule has 1 amide bonds. The summed E-state index contributed by atoms with van der Waals surface area (Å²) in [6.07, 6.45) is 0.880. The summed E-state index contributed by atoms with van der Waals surface area (Å²) in [4.78, 5) is 14.6. The van der Waals surface area contributed by atoms with Gasteiger partial charge in [-0.3, -0.25) is 4.79 Å². The number of likely N-dealkylation sites (tertiary alicyclic amines) is 1. The fourth-order valence-corrected chi connectivity index (χ4v) is 3.11. The molecule has 0 unspecified atom stereocenters. The van der Waals surface area contributed by atoms with Gasteiger partial charge in [-0.1, -0.05) is 60.7 Å². The standard InChI is InChI=1S/C20H23NO2/c1-16(18-10-6-3-7-11-18)21-13-12-19(20(21)22)15-23-14-17-8-4-2-5-9-17/h2-11,16,19H,12-15H2,1H3/t16-,19+/m1/s1. The zero-order chi connectivity index (χ0) is 16.1. The summed E-state index contributed by atoms with van der Waals surface area (Å²) < 4.78 is 5.76. The van der Waals surface area contributed by atoms with Crippen molar-refractivity contribution in [3.05, 3.63) is 71.8 Å². The summed E-state index contributed by atoms with van der Waals surface area (Å²) >= 11 is 0. The molecule has 3 rings (SSSR count). The number of benzene rings is 2. The summed E-state index contributed by atoms with van der Waals surface area (Å²) in [7, 11) is 0. The Morgan fingerprint density at radius 1 is 1.09 bits per heavy atom. The second kappa shape index (κ2) is 7.42. The van der Waals surface area contributed by atoms with Crippen molar-refractivity contribution < 1.29 is 9.53 Å². The van der Waals surface area contributed by atoms with E-state index in [0.29, 0.717) is 13.2 Å². The Labute approximate surface area is 137 Å². The van der Waals surface area contributed by atoms with Crippen molar-refractivity contribution in [2.24, 2.45) is 5.92 Å². The molecule has 2 aromatic rings. The van der Waals surface area contributed by atoms with Crippen LogP contribution in [0.2, 0.25) is 0 Å². The summed E-state index contributed by atoms with van der Waals surface area (Å²) in [5.41, 5.74) is 2.33. The first-order chi connectivity index (χ1) is 11.3. The maximum atomic E-state index is 12.6. The number of rotatable bonds is 6. The number of ether oxygens (including phenoxy) is 1. The van der Waals surface area contributed by atoms with E-state index in [-0.39, 0.29) is 17.9 Å². The number of amides is 1. The molecule has 0 saturated carbocycles. The van der Waals surface area contributed by atoms with Crippen LogP contribution in [0.25, 0.3) is 0 Å². The van der Waals surface area contributed by atoms with Gasteiger partial charge in [0.25, 0.3) is 0 Å². The fourth-order valence-electron chi connectivity index (χ4n) is 3.11. The zero-order valence-electron chi connectivity index (χ0n) is 13.5. The predicted molar refractivity (Wildman–Crippen MR) is 90.8 cm³/mol. The third kappa shape index (κ3) is 3.80. The summed E-state index contributed by atoms with van der Waals surface area (Å²) in [5.74, 6) is 0.208. The lowest BCUT2D eigenvalue weighted by Crippen LogP contribution is -2.31. The van der Waals surface area contributed by atoms with Crippen molar-refractivity contribution in [2.45, 2.75) is 26.0 Å². The minimum atomic E-state index is -0.00938. The van der Waals surface area contributed by atoms with Crippen molar-refractivity contribution >= 4 is 5.91 Å². The molecule has 1 heterocycles. The van der Waals surface area contributed by atoms with E-state index in [1.165, 1.54) is 5.56 Å². The van der Waals surface area contributed by atoms with Gasteiger partial charge in [0.15, 0.2) is 0 Å². The largest absolute Gasteiger partial charge is 0.376 e. The molecular formula is C20H23NO2. The molecule has 0 aliphatic carbocycles. The van der Waals surface area contributed by atoms with Crippen LogP contribution in [0.5, 0.6) is 0 Å². The van der Waals surface area contributed by atoms with E-state index in [9.17, 15) is 4.79 Å². The molecule has 1 aliphatic heterocycles. The smallest absolute Gasteiger partial charge is 0.228 e. The lowest BCUT2D eigenvalue weighted by Gasteiger charge is -2.25. The van der Waals surface area contributed by atoms with Gasteiger partial charge in [0.1, 0.15) is 0 Å². The van der Waals surface area contributed by atoms with E-state index in [2.05, 4.69) is 19.1 Å². The van der Waals surface area contributed by atoms with Crippen molar-refractivity contribution in [1.82, 2.24) is 4.90 Å². The summed E-state index contributed by atoms with van der Waals surface area (Å²) in [6, 6.07) is 20.4. The number of carbonyl (C=O) groups excluding carboxylic acids is 1. The first-order valence-electron chi connectivity index (χ1n) is 8.23. The highest BCUT2D eigenvalue weighted by Crippen LogP contribution is 2.28. The molecule has 0 N–H and O–H groups in total. The van der Waals surface area contributed by atoms with Crippen LogP contribution in [0.15, 0.2) is 60.7 Å². The van der Waals surface area contributed by atoms with E-state index in [1.54, 1.807) is 0 Å². The number of hydrogen-bond acceptors (Lipinski definition) is 2. The Morgan fingerprint density at radius 2 is 1.74 bits per heavy atom. The van der Waals surface area contributed by atoms with Gasteiger partial charge in [-0.15, -0.1) is 0 Å². The third-order valence-corrected chi connectivity index (χ3v) is 4.53. The maximum Gasteiger partial charge on any atom is 0.228 e. The Morgan fingerprint density at radius 3 is 2.43 bits per heavy atom. The summed E-state index contributed by atoms with van der Waals surface area (Å²) in [5, 5.41) is 0. The molecule has 3 nitrogen and oxygen atoms in total. The average molecular weight is 309 g/mol. The first kappa shape index (κ1) is 15.8. The van der Waals surface area contributed by atoms with Crippen molar-refractivity contribution in [3.8, 4) is 0 Å². The molecule has 0 radical (unpaired) electrons. The van der Waals surface area contributed by atoms with E-state index in [4.69, 9.17) is 4.74 Å². The highest BCUT2D eigenvalue weighted by Gasteiger charge is 2.34. The Hall–Kier alpha value is -2.13. The van der Waals surface area contributed by atoms with Gasteiger partial charge in [-0.05, 0) is 24.5 Å². The Bertz CT molecular complexity index is 627. The molecular weight excluding hydrogens is 286 g/mol. The van der Waals surface area contributed by atoms with Gasteiger partial charge in [0.2, 0.25) is 5.91 Å². The highest BCUT2D eigenvalue weighted by molar-refractivity contribution is 5.81. The van der Waals surface area contributed by atoms with Crippen LogP contribution in [0.1, 0.15) is 30.5 Å². The van der Waals surface area contributed by atoms with Crippen LogP contribution in [-0.4, -0.2) is 24.0 Å². The second-order valence-electron chi connectivity index (χ2n) is 6.10. The molecule has 0 aromatic heterocycles. The van der Waals surface area contributed by atoms with E-state index in [1.807, 2.05) is 53.4 Å². The van der Waals surface area contributed by atoms with Gasteiger partial charge in [0, 0.05) is 6.54 Å². The normalized spacial score (nSPS) is 19.1. The fraction of sp³-hybridized carbons (Fsp3) is 0.350. The molecule has 1 aliphatic rings. The lowest BCUT2D eigenvalue weighted by atomic mass is 10.1. The summed E-state index contributed by atoms with van der Waals surface area (Å²) in [6.45, 7) is 3.99. The van der Waals surface area contributed by atoms with Crippen LogP contribution in [-0.2, 0) is 16.1 Å². The van der Waals surface area contributed by atoms with Crippen molar-refractivity contribution in [1.29, 1.82) is 0 Å². The molecule has 120 valence electrons. The van der Waals surface area contributed by atoms with Crippen LogP contribution in [0.4, 0.5) is 0 Å². The molecule has 3 heteroatoms. The molecule has 1 fully saturated rings. The first-order valence-corrected chi connectivity index (χ1v) is 8.23. The van der Waals surface area contributed by atoms with E-state index >= 15 is 0 Å². The molecule has 0 spiro atoms. The Balaban J connectivity index is 1.52. The van der Waals surface area contributed by atoms with Crippen LogP contribution < -0.4 is 0 Å². The predicted octanol–water partition coefficient (Wildman–Crippen LogP) is 3.81. The third-order valence-electron chi connectivity index (χ3n) is 4.53. The molecule has 2 aromatic carbocycles. The number of hydrogen-bond donors (Lipinski definition) is 0.